The number of primary sulfonamides is 1. The molecule has 3 N–H and O–H groups in total. The molecule has 0 spiro atoms. The number of sulfonamides is 1. The molecule has 1 unspecified atom stereocenters. The van der Waals surface area contributed by atoms with Crippen LogP contribution in [0.5, 0.6) is 0 Å². The van der Waals surface area contributed by atoms with Crippen LogP contribution in [0.15, 0.2) is 57.9 Å². The van der Waals surface area contributed by atoms with E-state index < -0.39 is 15.9 Å². The predicted molar refractivity (Wildman–Crippen MR) is 101 cm³/mol. The van der Waals surface area contributed by atoms with Crippen molar-refractivity contribution in [2.45, 2.75) is 11.3 Å². The van der Waals surface area contributed by atoms with Crippen molar-refractivity contribution in [2.24, 2.45) is 11.1 Å². The first-order valence-corrected chi connectivity index (χ1v) is 10.1. The number of nitrogens with zero attached hydrogens (tertiary/aromatic N) is 1. The van der Waals surface area contributed by atoms with Gasteiger partial charge in [-0.3, -0.25) is 9.59 Å². The van der Waals surface area contributed by atoms with Crippen molar-refractivity contribution in [3.63, 3.8) is 0 Å². The minimum Gasteiger partial charge on any atom is -0.326 e. The van der Waals surface area contributed by atoms with Crippen molar-refractivity contribution < 1.29 is 18.0 Å². The number of halogens is 1. The molecule has 2 amide bonds. The maximum atomic E-state index is 12.4. The first kappa shape index (κ1) is 18.6. The summed E-state index contributed by atoms with van der Waals surface area (Å²) in [7, 11) is -3.78. The number of hydrogen-bond donors (Lipinski definition) is 2. The number of benzene rings is 2. The molecule has 1 aliphatic heterocycles. The van der Waals surface area contributed by atoms with Gasteiger partial charge in [0.15, 0.2) is 0 Å². The van der Waals surface area contributed by atoms with Gasteiger partial charge in [0.05, 0.1) is 10.8 Å². The van der Waals surface area contributed by atoms with Crippen LogP contribution < -0.4 is 15.4 Å². The van der Waals surface area contributed by atoms with E-state index in [-0.39, 0.29) is 29.7 Å². The lowest BCUT2D eigenvalue weighted by Gasteiger charge is -2.17. The van der Waals surface area contributed by atoms with Crippen LogP contribution in [0.1, 0.15) is 6.42 Å². The van der Waals surface area contributed by atoms with Crippen molar-refractivity contribution >= 4 is 49.1 Å². The van der Waals surface area contributed by atoms with Gasteiger partial charge in [-0.05, 0) is 42.5 Å². The summed E-state index contributed by atoms with van der Waals surface area (Å²) in [6, 6.07) is 12.9. The number of rotatable bonds is 4. The zero-order valence-corrected chi connectivity index (χ0v) is 16.0. The standard InChI is InChI=1S/C17H16BrN3O4S/c18-12-2-1-3-14(9-12)21-10-11(8-16(21)22)17(23)20-13-4-6-15(7-5-13)26(19,24)25/h1-7,9,11H,8,10H2,(H,20,23)(H2,19,24,25). The highest BCUT2D eigenvalue weighted by Crippen LogP contribution is 2.28. The summed E-state index contributed by atoms with van der Waals surface area (Å²) in [5.74, 6) is -0.897. The Morgan fingerprint density at radius 2 is 1.88 bits per heavy atom. The van der Waals surface area contributed by atoms with Crippen LogP contribution in [0.25, 0.3) is 0 Å². The molecule has 0 aromatic heterocycles. The number of nitrogens with two attached hydrogens (primary N) is 1. The normalized spacial score (nSPS) is 17.4. The number of anilines is 2. The molecular weight excluding hydrogens is 422 g/mol. The Labute approximate surface area is 159 Å². The van der Waals surface area contributed by atoms with Gasteiger partial charge in [-0.15, -0.1) is 0 Å². The predicted octanol–water partition coefficient (Wildman–Crippen LogP) is 2.09. The second kappa shape index (κ2) is 7.18. The van der Waals surface area contributed by atoms with E-state index >= 15 is 0 Å². The average molecular weight is 438 g/mol. The van der Waals surface area contributed by atoms with Gasteiger partial charge >= 0.3 is 0 Å². The molecule has 1 atom stereocenters. The second-order valence-corrected chi connectivity index (χ2v) is 8.42. The van der Waals surface area contributed by atoms with Gasteiger partial charge in [-0.25, -0.2) is 13.6 Å². The molecule has 3 rings (SSSR count). The third kappa shape index (κ3) is 4.12. The van der Waals surface area contributed by atoms with E-state index in [0.717, 1.165) is 10.2 Å². The minimum absolute atomic E-state index is 0.0348. The monoisotopic (exact) mass is 437 g/mol. The molecule has 9 heteroatoms. The van der Waals surface area contributed by atoms with Gasteiger partial charge in [0.25, 0.3) is 0 Å². The van der Waals surface area contributed by atoms with Crippen LogP contribution in [0, 0.1) is 5.92 Å². The third-order valence-electron chi connectivity index (χ3n) is 4.07. The lowest BCUT2D eigenvalue weighted by molar-refractivity contribution is -0.122. The van der Waals surface area contributed by atoms with Gasteiger partial charge in [-0.1, -0.05) is 22.0 Å². The Kier molecular flexibility index (Phi) is 5.12. The molecular formula is C17H16BrN3O4S. The molecule has 1 aliphatic rings. The van der Waals surface area contributed by atoms with Crippen LogP contribution >= 0.6 is 15.9 Å². The maximum absolute atomic E-state index is 12.4. The molecule has 7 nitrogen and oxygen atoms in total. The Balaban J connectivity index is 1.68. The molecule has 136 valence electrons. The number of nitrogens with one attached hydrogen (secondary N) is 1. The van der Waals surface area contributed by atoms with Crippen molar-refractivity contribution in [1.82, 2.24) is 0 Å². The lowest BCUT2D eigenvalue weighted by atomic mass is 10.1. The van der Waals surface area contributed by atoms with Crippen molar-refractivity contribution in [3.8, 4) is 0 Å². The van der Waals surface area contributed by atoms with E-state index in [1.165, 1.54) is 24.3 Å². The zero-order valence-electron chi connectivity index (χ0n) is 13.6. The van der Waals surface area contributed by atoms with Crippen LogP contribution in [0.4, 0.5) is 11.4 Å². The number of amides is 2. The molecule has 2 aromatic rings. The Morgan fingerprint density at radius 3 is 2.50 bits per heavy atom. The molecule has 1 heterocycles. The molecule has 2 aromatic carbocycles. The fourth-order valence-electron chi connectivity index (χ4n) is 2.75. The lowest BCUT2D eigenvalue weighted by Crippen LogP contribution is -2.28. The molecule has 1 saturated heterocycles. The van der Waals surface area contributed by atoms with Crippen LogP contribution in [-0.2, 0) is 19.6 Å². The highest BCUT2D eigenvalue weighted by atomic mass is 79.9. The summed E-state index contributed by atoms with van der Waals surface area (Å²) in [5, 5.41) is 7.75. The summed E-state index contributed by atoms with van der Waals surface area (Å²) in [4.78, 5) is 26.2. The van der Waals surface area contributed by atoms with Gasteiger partial charge in [0.2, 0.25) is 21.8 Å². The Morgan fingerprint density at radius 1 is 1.19 bits per heavy atom. The quantitative estimate of drug-likeness (QED) is 0.762. The molecule has 0 saturated carbocycles. The van der Waals surface area contributed by atoms with E-state index in [2.05, 4.69) is 21.2 Å². The van der Waals surface area contributed by atoms with E-state index in [1.807, 2.05) is 24.3 Å². The minimum atomic E-state index is -3.78. The number of hydrogen-bond acceptors (Lipinski definition) is 4. The smallest absolute Gasteiger partial charge is 0.238 e. The maximum Gasteiger partial charge on any atom is 0.238 e. The summed E-state index contributed by atoms with van der Waals surface area (Å²) < 4.78 is 23.4. The third-order valence-corrected chi connectivity index (χ3v) is 5.49. The highest BCUT2D eigenvalue weighted by molar-refractivity contribution is 9.10. The van der Waals surface area contributed by atoms with E-state index in [4.69, 9.17) is 5.14 Å². The summed E-state index contributed by atoms with van der Waals surface area (Å²) in [6.07, 6.45) is 0.119. The van der Waals surface area contributed by atoms with Crippen LogP contribution in [0.2, 0.25) is 0 Å². The van der Waals surface area contributed by atoms with E-state index in [1.54, 1.807) is 4.90 Å². The van der Waals surface area contributed by atoms with Crippen LogP contribution in [0.3, 0.4) is 0 Å². The molecule has 0 radical (unpaired) electrons. The van der Waals surface area contributed by atoms with Gasteiger partial charge in [0, 0.05) is 28.8 Å². The number of carbonyl (C=O) groups is 2. The summed E-state index contributed by atoms with van der Waals surface area (Å²) >= 11 is 3.37. The van der Waals surface area contributed by atoms with Crippen molar-refractivity contribution in [1.29, 1.82) is 0 Å². The molecule has 1 fully saturated rings. The van der Waals surface area contributed by atoms with Crippen molar-refractivity contribution in [2.75, 3.05) is 16.8 Å². The number of carbonyl (C=O) groups excluding carboxylic acids is 2. The largest absolute Gasteiger partial charge is 0.326 e. The van der Waals surface area contributed by atoms with E-state index in [0.29, 0.717) is 5.69 Å². The van der Waals surface area contributed by atoms with Gasteiger partial charge < -0.3 is 10.2 Å². The fourth-order valence-corrected chi connectivity index (χ4v) is 3.65. The fraction of sp³-hybridized carbons (Fsp3) is 0.176. The zero-order chi connectivity index (χ0) is 18.9. The molecule has 0 bridgehead atoms. The second-order valence-electron chi connectivity index (χ2n) is 5.94. The van der Waals surface area contributed by atoms with Gasteiger partial charge in [0.1, 0.15) is 0 Å². The first-order chi connectivity index (χ1) is 12.2. The summed E-state index contributed by atoms with van der Waals surface area (Å²) in [5.41, 5.74) is 1.17. The summed E-state index contributed by atoms with van der Waals surface area (Å²) in [6.45, 7) is 0.288. The van der Waals surface area contributed by atoms with Crippen LogP contribution in [-0.4, -0.2) is 26.8 Å². The molecule has 26 heavy (non-hydrogen) atoms. The SMILES string of the molecule is NS(=O)(=O)c1ccc(NC(=O)C2CC(=O)N(c3cccc(Br)c3)C2)cc1. The highest BCUT2D eigenvalue weighted by Gasteiger charge is 2.35. The van der Waals surface area contributed by atoms with E-state index in [9.17, 15) is 18.0 Å². The van der Waals surface area contributed by atoms with Gasteiger partial charge in [-0.2, -0.15) is 0 Å². The molecule has 0 aliphatic carbocycles. The average Bonchev–Trinajstić information content (AvgIpc) is 2.96. The first-order valence-electron chi connectivity index (χ1n) is 7.74. The van der Waals surface area contributed by atoms with Crippen molar-refractivity contribution in [3.05, 3.63) is 53.0 Å². The Hall–Kier alpha value is -2.23. The Bertz CT molecular complexity index is 960. The topological polar surface area (TPSA) is 110 Å².